The molecule has 0 saturated heterocycles. The Morgan fingerprint density at radius 3 is 3.00 bits per heavy atom. The molecule has 78 valence electrons. The van der Waals surface area contributed by atoms with Gasteiger partial charge in [-0.05, 0) is 42.0 Å². The molecule has 0 aromatic carbocycles. The third-order valence-corrected chi connectivity index (χ3v) is 3.56. The Kier molecular flexibility index (Phi) is 4.83. The lowest BCUT2D eigenvalue weighted by Crippen LogP contribution is -2.32. The van der Waals surface area contributed by atoms with Crippen molar-refractivity contribution in [3.05, 3.63) is 19.9 Å². The third kappa shape index (κ3) is 3.55. The topological polar surface area (TPSA) is 49.3 Å². The Labute approximate surface area is 101 Å². The molecule has 0 aliphatic heterocycles. The van der Waals surface area contributed by atoms with Crippen LogP contribution in [0, 0.1) is 2.88 Å². The summed E-state index contributed by atoms with van der Waals surface area (Å²) in [6.07, 6.45) is 0.590. The molecule has 0 spiro atoms. The van der Waals surface area contributed by atoms with Crippen molar-refractivity contribution in [2.75, 3.05) is 6.61 Å². The van der Waals surface area contributed by atoms with E-state index in [0.29, 0.717) is 12.0 Å². The molecule has 0 aliphatic carbocycles. The minimum Gasteiger partial charge on any atom is -0.396 e. The zero-order valence-corrected chi connectivity index (χ0v) is 10.8. The van der Waals surface area contributed by atoms with Crippen LogP contribution >= 0.6 is 33.9 Å². The summed E-state index contributed by atoms with van der Waals surface area (Å²) in [4.78, 5) is 11.6. The number of hydrogen-bond acceptors (Lipinski definition) is 3. The molecule has 0 bridgehead atoms. The highest BCUT2D eigenvalue weighted by Crippen LogP contribution is 2.16. The van der Waals surface area contributed by atoms with Crippen LogP contribution in [0.3, 0.4) is 0 Å². The van der Waals surface area contributed by atoms with Crippen molar-refractivity contribution in [3.8, 4) is 0 Å². The lowest BCUT2D eigenvalue weighted by molar-refractivity contribution is 0.0935. The smallest absolute Gasteiger partial charge is 0.252 e. The molecule has 1 amide bonds. The van der Waals surface area contributed by atoms with Crippen molar-refractivity contribution < 1.29 is 9.90 Å². The summed E-state index contributed by atoms with van der Waals surface area (Å²) in [5.74, 6) is -0.0647. The highest BCUT2D eigenvalue weighted by Gasteiger charge is 2.10. The zero-order chi connectivity index (χ0) is 10.6. The van der Waals surface area contributed by atoms with Gasteiger partial charge in [0.2, 0.25) is 0 Å². The summed E-state index contributed by atoms with van der Waals surface area (Å²) in [6, 6.07) is 1.87. The minimum absolute atomic E-state index is 0.0186. The number of halogens is 1. The maximum atomic E-state index is 11.6. The van der Waals surface area contributed by atoms with Crippen LogP contribution in [0.2, 0.25) is 0 Å². The van der Waals surface area contributed by atoms with Gasteiger partial charge < -0.3 is 10.4 Å². The molecule has 0 radical (unpaired) electrons. The first-order valence-electron chi connectivity index (χ1n) is 4.29. The molecule has 1 atom stereocenters. The molecule has 0 saturated carbocycles. The number of nitrogens with one attached hydrogen (secondary N) is 1. The Bertz CT molecular complexity index is 314. The summed E-state index contributed by atoms with van der Waals surface area (Å²) in [5, 5.41) is 13.3. The van der Waals surface area contributed by atoms with Crippen molar-refractivity contribution in [1.29, 1.82) is 0 Å². The van der Waals surface area contributed by atoms with E-state index in [-0.39, 0.29) is 18.6 Å². The summed E-state index contributed by atoms with van der Waals surface area (Å²) in [7, 11) is 0. The van der Waals surface area contributed by atoms with Crippen LogP contribution in [-0.2, 0) is 0 Å². The Morgan fingerprint density at radius 2 is 2.50 bits per heavy atom. The zero-order valence-electron chi connectivity index (χ0n) is 7.79. The van der Waals surface area contributed by atoms with Gasteiger partial charge in [-0.25, -0.2) is 0 Å². The fourth-order valence-corrected chi connectivity index (χ4v) is 2.33. The van der Waals surface area contributed by atoms with Crippen molar-refractivity contribution in [1.82, 2.24) is 5.32 Å². The first kappa shape index (κ1) is 11.9. The lowest BCUT2D eigenvalue weighted by atomic mass is 10.2. The number of amides is 1. The maximum absolute atomic E-state index is 11.6. The number of carbonyl (C=O) groups excluding carboxylic acids is 1. The van der Waals surface area contributed by atoms with Gasteiger partial charge in [-0.2, -0.15) is 0 Å². The van der Waals surface area contributed by atoms with Crippen LogP contribution < -0.4 is 5.32 Å². The Morgan fingerprint density at radius 1 is 1.79 bits per heavy atom. The molecule has 2 N–H and O–H groups in total. The lowest BCUT2D eigenvalue weighted by Gasteiger charge is -2.11. The van der Waals surface area contributed by atoms with Crippen molar-refractivity contribution >= 4 is 39.8 Å². The number of aliphatic hydroxyl groups excluding tert-OH is 1. The van der Waals surface area contributed by atoms with Gasteiger partial charge in [0.05, 0.1) is 8.45 Å². The second kappa shape index (κ2) is 5.67. The standard InChI is InChI=1S/C9H12INO2S/c1-6(2-3-12)11-9(13)7-4-8(10)14-5-7/h4-6,12H,2-3H2,1H3,(H,11,13). The number of carbonyl (C=O) groups is 1. The first-order chi connectivity index (χ1) is 6.63. The molecular formula is C9H12INO2S. The first-order valence-corrected chi connectivity index (χ1v) is 6.25. The van der Waals surface area contributed by atoms with Crippen molar-refractivity contribution in [2.45, 2.75) is 19.4 Å². The molecule has 3 nitrogen and oxygen atoms in total. The van der Waals surface area contributed by atoms with Gasteiger partial charge in [0.1, 0.15) is 0 Å². The van der Waals surface area contributed by atoms with Gasteiger partial charge >= 0.3 is 0 Å². The van der Waals surface area contributed by atoms with E-state index in [1.165, 1.54) is 0 Å². The Hall–Kier alpha value is -0.140. The second-order valence-electron chi connectivity index (χ2n) is 3.03. The van der Waals surface area contributed by atoms with Crippen molar-refractivity contribution in [3.63, 3.8) is 0 Å². The van der Waals surface area contributed by atoms with Crippen LogP contribution in [0.1, 0.15) is 23.7 Å². The molecule has 0 aliphatic rings. The van der Waals surface area contributed by atoms with Crippen LogP contribution in [0.4, 0.5) is 0 Å². The second-order valence-corrected chi connectivity index (χ2v) is 5.83. The van der Waals surface area contributed by atoms with E-state index >= 15 is 0 Å². The van der Waals surface area contributed by atoms with Crippen molar-refractivity contribution in [2.24, 2.45) is 0 Å². The van der Waals surface area contributed by atoms with Crippen LogP contribution in [0.5, 0.6) is 0 Å². The summed E-state index contributed by atoms with van der Waals surface area (Å²) < 4.78 is 1.10. The van der Waals surface area contributed by atoms with E-state index in [1.807, 2.05) is 18.4 Å². The number of thiophene rings is 1. The van der Waals surface area contributed by atoms with Gasteiger partial charge in [-0.1, -0.05) is 0 Å². The van der Waals surface area contributed by atoms with E-state index < -0.39 is 0 Å². The molecule has 1 heterocycles. The fraction of sp³-hybridized carbons (Fsp3) is 0.444. The molecular weight excluding hydrogens is 313 g/mol. The molecule has 1 aromatic heterocycles. The average Bonchev–Trinajstić information content (AvgIpc) is 2.52. The van der Waals surface area contributed by atoms with Crippen LogP contribution in [0.15, 0.2) is 11.4 Å². The van der Waals surface area contributed by atoms with E-state index in [1.54, 1.807) is 11.3 Å². The fourth-order valence-electron chi connectivity index (χ4n) is 1.00. The van der Waals surface area contributed by atoms with Gasteiger partial charge in [0.25, 0.3) is 5.91 Å². The molecule has 1 aromatic rings. The third-order valence-electron chi connectivity index (χ3n) is 1.77. The highest BCUT2D eigenvalue weighted by atomic mass is 127. The Balaban J connectivity index is 2.50. The van der Waals surface area contributed by atoms with Crippen LogP contribution in [0.25, 0.3) is 0 Å². The molecule has 0 fully saturated rings. The number of hydrogen-bond donors (Lipinski definition) is 2. The number of rotatable bonds is 4. The van der Waals surface area contributed by atoms with Crippen LogP contribution in [-0.4, -0.2) is 23.7 Å². The van der Waals surface area contributed by atoms with Gasteiger partial charge in [0, 0.05) is 18.0 Å². The normalized spacial score (nSPS) is 12.5. The van der Waals surface area contributed by atoms with E-state index in [0.717, 1.165) is 2.88 Å². The molecule has 5 heteroatoms. The van der Waals surface area contributed by atoms with Gasteiger partial charge in [-0.3, -0.25) is 4.79 Å². The maximum Gasteiger partial charge on any atom is 0.252 e. The molecule has 14 heavy (non-hydrogen) atoms. The van der Waals surface area contributed by atoms with Gasteiger partial charge in [-0.15, -0.1) is 11.3 Å². The molecule has 1 unspecified atom stereocenters. The SMILES string of the molecule is CC(CCO)NC(=O)c1csc(I)c1. The summed E-state index contributed by atoms with van der Waals surface area (Å²) in [5.41, 5.74) is 0.698. The molecule has 1 rings (SSSR count). The quantitative estimate of drug-likeness (QED) is 0.830. The predicted octanol–water partition coefficient (Wildman–Crippen LogP) is 1.85. The summed E-state index contributed by atoms with van der Waals surface area (Å²) in [6.45, 7) is 1.98. The van der Waals surface area contributed by atoms with E-state index in [9.17, 15) is 4.79 Å². The highest BCUT2D eigenvalue weighted by molar-refractivity contribution is 14.1. The number of aliphatic hydroxyl groups is 1. The summed E-state index contributed by atoms with van der Waals surface area (Å²) >= 11 is 3.73. The largest absolute Gasteiger partial charge is 0.396 e. The van der Waals surface area contributed by atoms with E-state index in [2.05, 4.69) is 27.9 Å². The minimum atomic E-state index is -0.0647. The van der Waals surface area contributed by atoms with E-state index in [4.69, 9.17) is 5.11 Å². The predicted molar refractivity (Wildman–Crippen MR) is 65.7 cm³/mol. The monoisotopic (exact) mass is 325 g/mol. The average molecular weight is 325 g/mol. The van der Waals surface area contributed by atoms with Gasteiger partial charge in [0.15, 0.2) is 0 Å².